The van der Waals surface area contributed by atoms with Crippen LogP contribution in [0.3, 0.4) is 0 Å². The summed E-state index contributed by atoms with van der Waals surface area (Å²) in [5.74, 6) is 0.173. The van der Waals surface area contributed by atoms with Crippen molar-refractivity contribution in [2.75, 3.05) is 62.0 Å². The molecular weight excluding hydrogens is 520 g/mol. The van der Waals surface area contributed by atoms with Crippen LogP contribution in [-0.2, 0) is 23.9 Å². The second kappa shape index (κ2) is 10.2. The van der Waals surface area contributed by atoms with Crippen LogP contribution in [0.5, 0.6) is 0 Å². The van der Waals surface area contributed by atoms with E-state index in [2.05, 4.69) is 13.8 Å². The van der Waals surface area contributed by atoms with Gasteiger partial charge in [-0.05, 0) is 80.1 Å². The van der Waals surface area contributed by atoms with E-state index in [9.17, 15) is 19.5 Å². The van der Waals surface area contributed by atoms with Crippen molar-refractivity contribution in [1.82, 2.24) is 0 Å². The molecular formula is C33H54N2O6+2. The topological polar surface area (TPSA) is 89.9 Å². The molecule has 41 heavy (non-hydrogen) atoms. The summed E-state index contributed by atoms with van der Waals surface area (Å²) in [4.78, 5) is 38.6. The van der Waals surface area contributed by atoms with Crippen molar-refractivity contribution in [3.05, 3.63) is 11.6 Å². The van der Waals surface area contributed by atoms with Gasteiger partial charge in [-0.15, -0.1) is 0 Å². The summed E-state index contributed by atoms with van der Waals surface area (Å²) in [6, 6.07) is 0. The molecule has 8 nitrogen and oxygen atoms in total. The number of hydrogen-bond donors (Lipinski definition) is 1. The maximum Gasteiger partial charge on any atom is 0.362 e. The molecule has 0 amide bonds. The number of rotatable bonds is 7. The third-order valence-corrected chi connectivity index (χ3v) is 11.9. The van der Waals surface area contributed by atoms with E-state index in [1.807, 2.05) is 42.3 Å². The zero-order valence-corrected chi connectivity index (χ0v) is 26.7. The van der Waals surface area contributed by atoms with Crippen molar-refractivity contribution in [2.24, 2.45) is 40.4 Å². The maximum absolute atomic E-state index is 13.9. The van der Waals surface area contributed by atoms with Crippen molar-refractivity contribution >= 4 is 17.7 Å². The molecule has 9 atom stereocenters. The third kappa shape index (κ3) is 5.42. The van der Waals surface area contributed by atoms with Crippen molar-refractivity contribution in [2.45, 2.75) is 76.9 Å². The van der Waals surface area contributed by atoms with Crippen LogP contribution in [-0.4, -0.2) is 105 Å². The number of hydrogen-bond acceptors (Lipinski definition) is 6. The lowest BCUT2D eigenvalue weighted by Crippen LogP contribution is -2.62. The Morgan fingerprint density at radius 1 is 0.976 bits per heavy atom. The normalized spacial score (nSPS) is 42.5. The van der Waals surface area contributed by atoms with E-state index in [0.29, 0.717) is 40.3 Å². The highest BCUT2D eigenvalue weighted by Crippen LogP contribution is 2.71. The summed E-state index contributed by atoms with van der Waals surface area (Å²) >= 11 is 0. The number of nitrogens with zero attached hydrogens (tertiary/aromatic N) is 2. The van der Waals surface area contributed by atoms with Gasteiger partial charge in [-0.2, -0.15) is 0 Å². The molecule has 5 rings (SSSR count). The van der Waals surface area contributed by atoms with Gasteiger partial charge in [0.05, 0.1) is 47.9 Å². The first kappa shape index (κ1) is 30.7. The van der Waals surface area contributed by atoms with Crippen molar-refractivity contribution < 1.29 is 37.9 Å². The molecule has 0 bridgehead atoms. The van der Waals surface area contributed by atoms with E-state index < -0.39 is 11.0 Å². The SMILES string of the molecule is C[C@]12CC[C@H](OC(=O)C[N+](C)(C)C)C[C@@H]1CC[C@@H]1[C@@H]2CC[C@]2(C)[C@H](C3=CC(=O)OC3)[C@H](C(=O)C[N+](C)(C)C)C[C@@]12O. The number of ketones is 1. The number of cyclic esters (lactones) is 1. The number of carbonyl (C=O) groups excluding carboxylic acids is 3. The Balaban J connectivity index is 1.40. The van der Waals surface area contributed by atoms with E-state index in [1.165, 1.54) is 0 Å². The van der Waals surface area contributed by atoms with Gasteiger partial charge < -0.3 is 23.5 Å². The fraction of sp³-hybridized carbons (Fsp3) is 0.848. The van der Waals surface area contributed by atoms with E-state index >= 15 is 0 Å². The Morgan fingerprint density at radius 2 is 1.66 bits per heavy atom. The van der Waals surface area contributed by atoms with E-state index in [4.69, 9.17) is 9.47 Å². The van der Waals surface area contributed by atoms with Gasteiger partial charge in [0.25, 0.3) is 0 Å². The lowest BCUT2D eigenvalue weighted by molar-refractivity contribution is -0.862. The predicted molar refractivity (Wildman–Crippen MR) is 155 cm³/mol. The summed E-state index contributed by atoms with van der Waals surface area (Å²) < 4.78 is 12.4. The maximum atomic E-state index is 13.9. The molecule has 0 saturated heterocycles. The quantitative estimate of drug-likeness (QED) is 0.371. The standard InChI is InChI=1S/C33H54N2O6/c1-31-13-11-23(41-29(38)19-35(6,7)8)16-22(31)9-10-26-25(31)12-14-32(2)30(21-15-28(37)40-20-21)24(17-33(26,32)39)27(36)18-34(3,4)5/h15,22-26,30,39H,9-14,16-20H2,1-8H3/q+2/t22-,23-,24-,25-,26+,30+,31-,32+,33+/m0/s1. The molecule has 0 radical (unpaired) electrons. The van der Waals surface area contributed by atoms with Gasteiger partial charge >= 0.3 is 11.9 Å². The second-order valence-corrected chi connectivity index (χ2v) is 16.7. The van der Waals surface area contributed by atoms with Crippen LogP contribution in [0.2, 0.25) is 0 Å². The smallest absolute Gasteiger partial charge is 0.362 e. The van der Waals surface area contributed by atoms with Gasteiger partial charge in [-0.1, -0.05) is 13.8 Å². The molecule has 230 valence electrons. The highest BCUT2D eigenvalue weighted by molar-refractivity contribution is 5.87. The minimum Gasteiger partial charge on any atom is -0.458 e. The average Bonchev–Trinajstić information content (AvgIpc) is 3.34. The van der Waals surface area contributed by atoms with Gasteiger partial charge in [-0.3, -0.25) is 4.79 Å². The molecule has 8 heteroatoms. The highest BCUT2D eigenvalue weighted by Gasteiger charge is 2.71. The minimum atomic E-state index is -0.972. The molecule has 1 heterocycles. The average molecular weight is 575 g/mol. The number of esters is 2. The van der Waals surface area contributed by atoms with Gasteiger partial charge in [-0.25, -0.2) is 9.59 Å². The summed E-state index contributed by atoms with van der Waals surface area (Å²) in [7, 11) is 12.1. The van der Waals surface area contributed by atoms with Crippen molar-refractivity contribution in [3.8, 4) is 0 Å². The van der Waals surface area contributed by atoms with Crippen LogP contribution in [0.25, 0.3) is 0 Å². The molecule has 5 aliphatic rings. The van der Waals surface area contributed by atoms with Crippen LogP contribution in [0.15, 0.2) is 11.6 Å². The van der Waals surface area contributed by atoms with Crippen molar-refractivity contribution in [1.29, 1.82) is 0 Å². The molecule has 4 fully saturated rings. The fourth-order valence-electron chi connectivity index (χ4n) is 10.1. The lowest BCUT2D eigenvalue weighted by Gasteiger charge is -2.63. The van der Waals surface area contributed by atoms with Crippen LogP contribution in [0.4, 0.5) is 0 Å². The third-order valence-electron chi connectivity index (χ3n) is 11.9. The number of carbonyl (C=O) groups is 3. The lowest BCUT2D eigenvalue weighted by atomic mass is 9.43. The Kier molecular flexibility index (Phi) is 7.60. The number of likely N-dealkylation sites (N-methyl/N-ethyl adjacent to an activating group) is 2. The van der Waals surface area contributed by atoms with Gasteiger partial charge in [0.15, 0.2) is 12.3 Å². The summed E-state index contributed by atoms with van der Waals surface area (Å²) in [6.45, 7) is 5.61. The number of quaternary nitrogens is 2. The number of aliphatic hydroxyl groups is 1. The second-order valence-electron chi connectivity index (χ2n) is 16.7. The molecule has 0 aromatic carbocycles. The molecule has 0 aromatic heterocycles. The Hall–Kier alpha value is -1.77. The van der Waals surface area contributed by atoms with Gasteiger partial charge in [0, 0.05) is 23.3 Å². The highest BCUT2D eigenvalue weighted by atomic mass is 16.5. The zero-order valence-electron chi connectivity index (χ0n) is 26.7. The molecule has 0 aromatic rings. The molecule has 0 unspecified atom stereocenters. The van der Waals surface area contributed by atoms with E-state index in [-0.39, 0.29) is 53.6 Å². The molecule has 0 spiro atoms. The zero-order chi connectivity index (χ0) is 30.2. The summed E-state index contributed by atoms with van der Waals surface area (Å²) in [5, 5.41) is 12.9. The first-order valence-corrected chi connectivity index (χ1v) is 15.8. The molecule has 1 N–H and O–H groups in total. The summed E-state index contributed by atoms with van der Waals surface area (Å²) in [5.41, 5.74) is -0.488. The van der Waals surface area contributed by atoms with E-state index in [0.717, 1.165) is 50.5 Å². The van der Waals surface area contributed by atoms with E-state index in [1.54, 1.807) is 6.08 Å². The molecule has 4 aliphatic carbocycles. The minimum absolute atomic E-state index is 0.0270. The fourth-order valence-corrected chi connectivity index (χ4v) is 10.1. The first-order chi connectivity index (χ1) is 18.9. The Labute approximate surface area is 246 Å². The monoisotopic (exact) mass is 574 g/mol. The number of ether oxygens (including phenoxy) is 2. The van der Waals surface area contributed by atoms with Crippen LogP contribution >= 0.6 is 0 Å². The summed E-state index contributed by atoms with van der Waals surface area (Å²) in [6.07, 6.45) is 8.57. The van der Waals surface area contributed by atoms with Crippen LogP contribution in [0, 0.1) is 40.4 Å². The van der Waals surface area contributed by atoms with Crippen LogP contribution < -0.4 is 0 Å². The number of Topliss-reactive ketones (excluding diaryl/α,β-unsaturated/α-hetero) is 1. The predicted octanol–water partition coefficient (Wildman–Crippen LogP) is 3.36. The van der Waals surface area contributed by atoms with Gasteiger partial charge in [0.2, 0.25) is 0 Å². The van der Waals surface area contributed by atoms with Crippen LogP contribution in [0.1, 0.15) is 65.2 Å². The van der Waals surface area contributed by atoms with Crippen molar-refractivity contribution in [3.63, 3.8) is 0 Å². The number of fused-ring (bicyclic) bond motifs is 5. The first-order valence-electron chi connectivity index (χ1n) is 15.8. The molecule has 4 saturated carbocycles. The Morgan fingerprint density at radius 3 is 2.27 bits per heavy atom. The van der Waals surface area contributed by atoms with Gasteiger partial charge in [0.1, 0.15) is 19.3 Å². The Bertz CT molecular complexity index is 1120. The molecule has 1 aliphatic heterocycles. The largest absolute Gasteiger partial charge is 0.458 e.